The molecular weight excluding hydrogens is 268 g/mol. The van der Waals surface area contributed by atoms with Crippen LogP contribution >= 0.6 is 0 Å². The zero-order valence-electron chi connectivity index (χ0n) is 11.9. The molecule has 0 fully saturated rings. The summed E-state index contributed by atoms with van der Waals surface area (Å²) < 4.78 is 4.86. The largest absolute Gasteiger partial charge is 0.472 e. The molecule has 1 atom stereocenters. The molecule has 2 aromatic rings. The monoisotopic (exact) mass is 286 g/mol. The number of hydrogen-bond acceptors (Lipinski definition) is 4. The van der Waals surface area contributed by atoms with Gasteiger partial charge in [-0.15, -0.1) is 0 Å². The molecule has 0 radical (unpaired) electrons. The van der Waals surface area contributed by atoms with Crippen molar-refractivity contribution in [3.05, 3.63) is 53.5 Å². The molecule has 0 saturated carbocycles. The summed E-state index contributed by atoms with van der Waals surface area (Å²) in [6.45, 7) is 1.19. The van der Waals surface area contributed by atoms with Crippen LogP contribution in [0.5, 0.6) is 0 Å². The van der Waals surface area contributed by atoms with Gasteiger partial charge in [0.1, 0.15) is 6.26 Å². The number of amides is 1. The number of furan rings is 1. The third-order valence-corrected chi connectivity index (χ3v) is 3.86. The second-order valence-corrected chi connectivity index (χ2v) is 5.30. The second kappa shape index (κ2) is 5.61. The lowest BCUT2D eigenvalue weighted by Crippen LogP contribution is -2.28. The molecule has 1 aromatic heterocycles. The van der Waals surface area contributed by atoms with Gasteiger partial charge >= 0.3 is 0 Å². The summed E-state index contributed by atoms with van der Waals surface area (Å²) in [5, 5.41) is 12.9. The summed E-state index contributed by atoms with van der Waals surface area (Å²) >= 11 is 0. The highest BCUT2D eigenvalue weighted by Gasteiger charge is 2.18. The van der Waals surface area contributed by atoms with Crippen molar-refractivity contribution in [2.75, 3.05) is 25.0 Å². The lowest BCUT2D eigenvalue weighted by atomic mass is 10.0. The highest BCUT2D eigenvalue weighted by atomic mass is 16.3. The van der Waals surface area contributed by atoms with Gasteiger partial charge in [-0.3, -0.25) is 4.79 Å². The van der Waals surface area contributed by atoms with Gasteiger partial charge in [-0.1, -0.05) is 12.1 Å². The molecule has 1 aromatic carbocycles. The number of hydrogen-bond donors (Lipinski definition) is 2. The number of benzene rings is 1. The maximum Gasteiger partial charge on any atom is 0.254 e. The summed E-state index contributed by atoms with van der Waals surface area (Å²) in [6, 6.07) is 7.55. The number of nitrogens with one attached hydrogen (secondary N) is 1. The van der Waals surface area contributed by atoms with E-state index in [0.717, 1.165) is 18.5 Å². The number of likely N-dealkylation sites (N-methyl/N-ethyl adjacent to an activating group) is 1. The Kier molecular flexibility index (Phi) is 3.66. The van der Waals surface area contributed by atoms with Crippen LogP contribution < -0.4 is 10.2 Å². The maximum absolute atomic E-state index is 11.8. The SMILES string of the molecule is CN1CCc2cc(C(O)CNC(=O)c3ccoc3)ccc21. The third-order valence-electron chi connectivity index (χ3n) is 3.86. The molecule has 2 N–H and O–H groups in total. The van der Waals surface area contributed by atoms with Crippen molar-refractivity contribution in [1.82, 2.24) is 5.32 Å². The van der Waals surface area contributed by atoms with E-state index in [1.807, 2.05) is 18.2 Å². The number of nitrogens with zero attached hydrogens (tertiary/aromatic N) is 1. The van der Waals surface area contributed by atoms with Crippen LogP contribution in [0.2, 0.25) is 0 Å². The quantitative estimate of drug-likeness (QED) is 0.898. The van der Waals surface area contributed by atoms with Crippen LogP contribution in [0.15, 0.2) is 41.2 Å². The predicted octanol–water partition coefficient (Wildman–Crippen LogP) is 1.74. The Morgan fingerprint density at radius 3 is 3.10 bits per heavy atom. The molecule has 1 amide bonds. The van der Waals surface area contributed by atoms with Gasteiger partial charge in [0.15, 0.2) is 0 Å². The average Bonchev–Trinajstić information content (AvgIpc) is 3.14. The Morgan fingerprint density at radius 1 is 1.48 bits per heavy atom. The number of carbonyl (C=O) groups is 1. The van der Waals surface area contributed by atoms with E-state index in [1.54, 1.807) is 6.07 Å². The zero-order chi connectivity index (χ0) is 14.8. The highest BCUT2D eigenvalue weighted by molar-refractivity contribution is 5.93. The Balaban J connectivity index is 1.63. The molecule has 2 heterocycles. The van der Waals surface area contributed by atoms with Crippen molar-refractivity contribution >= 4 is 11.6 Å². The zero-order valence-corrected chi connectivity index (χ0v) is 11.9. The minimum atomic E-state index is -0.711. The lowest BCUT2D eigenvalue weighted by molar-refractivity contribution is 0.0915. The Bertz CT molecular complexity index is 637. The summed E-state index contributed by atoms with van der Waals surface area (Å²) in [7, 11) is 2.06. The van der Waals surface area contributed by atoms with Crippen molar-refractivity contribution in [3.63, 3.8) is 0 Å². The van der Waals surface area contributed by atoms with E-state index >= 15 is 0 Å². The molecule has 0 spiro atoms. The van der Waals surface area contributed by atoms with Gasteiger partial charge in [0.2, 0.25) is 0 Å². The molecule has 5 nitrogen and oxygen atoms in total. The van der Waals surface area contributed by atoms with Gasteiger partial charge in [0.05, 0.1) is 17.9 Å². The van der Waals surface area contributed by atoms with E-state index in [0.29, 0.717) is 5.56 Å². The summed E-state index contributed by atoms with van der Waals surface area (Å²) in [6.07, 6.45) is 3.11. The number of aliphatic hydroxyl groups is 1. The van der Waals surface area contributed by atoms with E-state index in [4.69, 9.17) is 4.42 Å². The van der Waals surface area contributed by atoms with Gasteiger partial charge in [-0.05, 0) is 29.7 Å². The molecule has 5 heteroatoms. The van der Waals surface area contributed by atoms with Crippen molar-refractivity contribution in [2.45, 2.75) is 12.5 Å². The van der Waals surface area contributed by atoms with E-state index < -0.39 is 6.10 Å². The normalized spacial score (nSPS) is 14.9. The fourth-order valence-electron chi connectivity index (χ4n) is 2.60. The molecule has 0 saturated heterocycles. The van der Waals surface area contributed by atoms with Crippen LogP contribution in [-0.4, -0.2) is 31.2 Å². The van der Waals surface area contributed by atoms with E-state index in [1.165, 1.54) is 23.8 Å². The second-order valence-electron chi connectivity index (χ2n) is 5.30. The van der Waals surface area contributed by atoms with Gasteiger partial charge in [-0.25, -0.2) is 0 Å². The van der Waals surface area contributed by atoms with Crippen molar-refractivity contribution in [1.29, 1.82) is 0 Å². The minimum absolute atomic E-state index is 0.179. The number of anilines is 1. The van der Waals surface area contributed by atoms with Crippen LogP contribution in [0.4, 0.5) is 5.69 Å². The first-order valence-electron chi connectivity index (χ1n) is 6.97. The first-order valence-corrected chi connectivity index (χ1v) is 6.97. The first kappa shape index (κ1) is 13.7. The van der Waals surface area contributed by atoms with E-state index in [2.05, 4.69) is 17.3 Å². The molecular formula is C16H18N2O3. The van der Waals surface area contributed by atoms with Crippen LogP contribution in [0, 0.1) is 0 Å². The maximum atomic E-state index is 11.8. The van der Waals surface area contributed by atoms with E-state index in [-0.39, 0.29) is 12.5 Å². The summed E-state index contributed by atoms with van der Waals surface area (Å²) in [5.41, 5.74) is 3.75. The molecule has 21 heavy (non-hydrogen) atoms. The molecule has 1 unspecified atom stereocenters. The van der Waals surface area contributed by atoms with Crippen molar-refractivity contribution < 1.29 is 14.3 Å². The summed E-state index contributed by atoms with van der Waals surface area (Å²) in [4.78, 5) is 14.0. The smallest absolute Gasteiger partial charge is 0.254 e. The van der Waals surface area contributed by atoms with Crippen LogP contribution in [0.25, 0.3) is 0 Å². The Hall–Kier alpha value is -2.27. The fraction of sp³-hybridized carbons (Fsp3) is 0.312. The van der Waals surface area contributed by atoms with E-state index in [9.17, 15) is 9.90 Å². The summed E-state index contributed by atoms with van der Waals surface area (Å²) in [5.74, 6) is -0.247. The molecule has 0 bridgehead atoms. The van der Waals surface area contributed by atoms with Crippen LogP contribution in [0.1, 0.15) is 27.6 Å². The van der Waals surface area contributed by atoms with Crippen LogP contribution in [-0.2, 0) is 6.42 Å². The fourth-order valence-corrected chi connectivity index (χ4v) is 2.60. The number of carbonyl (C=O) groups excluding carboxylic acids is 1. The van der Waals surface area contributed by atoms with Gasteiger partial charge in [0.25, 0.3) is 5.91 Å². The van der Waals surface area contributed by atoms with Gasteiger partial charge < -0.3 is 19.7 Å². The highest BCUT2D eigenvalue weighted by Crippen LogP contribution is 2.29. The molecule has 0 aliphatic carbocycles. The van der Waals surface area contributed by atoms with Crippen molar-refractivity contribution in [3.8, 4) is 0 Å². The lowest BCUT2D eigenvalue weighted by Gasteiger charge is -2.15. The minimum Gasteiger partial charge on any atom is -0.472 e. The Labute approximate surface area is 123 Å². The van der Waals surface area contributed by atoms with Gasteiger partial charge in [-0.2, -0.15) is 0 Å². The van der Waals surface area contributed by atoms with Crippen LogP contribution in [0.3, 0.4) is 0 Å². The average molecular weight is 286 g/mol. The number of rotatable bonds is 4. The van der Waals surface area contributed by atoms with Gasteiger partial charge in [0, 0.05) is 25.8 Å². The first-order chi connectivity index (χ1) is 10.1. The molecule has 110 valence electrons. The standard InChI is InChI=1S/C16H18N2O3/c1-18-6-4-11-8-12(2-3-14(11)18)15(19)9-17-16(20)13-5-7-21-10-13/h2-3,5,7-8,10,15,19H,4,6,9H2,1H3,(H,17,20). The third kappa shape index (κ3) is 2.78. The number of fused-ring (bicyclic) bond motifs is 1. The molecule has 1 aliphatic heterocycles. The molecule has 3 rings (SSSR count). The number of aliphatic hydroxyl groups excluding tert-OH is 1. The predicted molar refractivity (Wildman–Crippen MR) is 79.4 cm³/mol. The molecule has 1 aliphatic rings. The Morgan fingerprint density at radius 2 is 2.33 bits per heavy atom. The van der Waals surface area contributed by atoms with Crippen molar-refractivity contribution in [2.24, 2.45) is 0 Å². The topological polar surface area (TPSA) is 65.7 Å².